The monoisotopic (exact) mass is 424 g/mol. The molecule has 158 valence electrons. The number of amides is 2. The first-order valence-electron chi connectivity index (χ1n) is 9.81. The van der Waals surface area contributed by atoms with E-state index in [1.54, 1.807) is 29.2 Å². The van der Waals surface area contributed by atoms with Crippen LogP contribution in [0.5, 0.6) is 0 Å². The molecule has 3 aromatic rings. The van der Waals surface area contributed by atoms with Crippen LogP contribution in [0.2, 0.25) is 0 Å². The molecule has 0 radical (unpaired) electrons. The van der Waals surface area contributed by atoms with Crippen LogP contribution in [0.25, 0.3) is 0 Å². The SMILES string of the molecule is O=C(Nc1ccc2c(c1)CCCN2C(=O)c1ccccc1)c1ccc(C(F)(F)F)cc1. The molecule has 1 aliphatic rings. The standard InChI is InChI=1S/C24H19F3N2O2/c25-24(26,27)19-10-8-16(9-11-19)22(30)28-20-12-13-21-18(15-20)7-4-14-29(21)23(31)17-5-2-1-3-6-17/h1-3,5-6,8-13,15H,4,7,14H2,(H,28,30). The second-order valence-corrected chi connectivity index (χ2v) is 7.30. The lowest BCUT2D eigenvalue weighted by molar-refractivity contribution is -0.137. The van der Waals surface area contributed by atoms with Crippen molar-refractivity contribution in [2.24, 2.45) is 0 Å². The number of nitrogens with one attached hydrogen (secondary N) is 1. The molecule has 4 nitrogen and oxygen atoms in total. The first-order chi connectivity index (χ1) is 14.8. The van der Waals surface area contributed by atoms with E-state index in [4.69, 9.17) is 0 Å². The molecule has 31 heavy (non-hydrogen) atoms. The third kappa shape index (κ3) is 4.45. The molecule has 2 amide bonds. The number of carbonyl (C=O) groups is 2. The third-order valence-corrected chi connectivity index (χ3v) is 5.20. The number of anilines is 2. The van der Waals surface area contributed by atoms with Crippen LogP contribution >= 0.6 is 0 Å². The van der Waals surface area contributed by atoms with Gasteiger partial charge in [-0.15, -0.1) is 0 Å². The van der Waals surface area contributed by atoms with Gasteiger partial charge in [0.1, 0.15) is 0 Å². The number of rotatable bonds is 3. The van der Waals surface area contributed by atoms with Gasteiger partial charge in [-0.25, -0.2) is 0 Å². The lowest BCUT2D eigenvalue weighted by Gasteiger charge is -2.30. The fourth-order valence-corrected chi connectivity index (χ4v) is 3.64. The van der Waals surface area contributed by atoms with Crippen LogP contribution in [-0.2, 0) is 12.6 Å². The van der Waals surface area contributed by atoms with Crippen LogP contribution in [0, 0.1) is 0 Å². The van der Waals surface area contributed by atoms with E-state index < -0.39 is 17.6 Å². The molecule has 0 spiro atoms. The Bertz CT molecular complexity index is 1110. The zero-order chi connectivity index (χ0) is 22.0. The number of hydrogen-bond acceptors (Lipinski definition) is 2. The summed E-state index contributed by atoms with van der Waals surface area (Å²) in [5.74, 6) is -0.579. The van der Waals surface area contributed by atoms with Gasteiger partial charge in [0, 0.05) is 29.0 Å². The molecule has 1 N–H and O–H groups in total. The minimum atomic E-state index is -4.45. The van der Waals surface area contributed by atoms with E-state index in [2.05, 4.69) is 5.32 Å². The largest absolute Gasteiger partial charge is 0.416 e. The van der Waals surface area contributed by atoms with Crippen molar-refractivity contribution in [3.8, 4) is 0 Å². The molecule has 1 heterocycles. The summed E-state index contributed by atoms with van der Waals surface area (Å²) < 4.78 is 38.1. The first-order valence-corrected chi connectivity index (χ1v) is 9.81. The Hall–Kier alpha value is -3.61. The second-order valence-electron chi connectivity index (χ2n) is 7.30. The van der Waals surface area contributed by atoms with Crippen molar-refractivity contribution in [3.63, 3.8) is 0 Å². The predicted molar refractivity (Wildman–Crippen MR) is 112 cm³/mol. The first kappa shape index (κ1) is 20.7. The fraction of sp³-hybridized carbons (Fsp3) is 0.167. The summed E-state index contributed by atoms with van der Waals surface area (Å²) in [6.07, 6.45) is -2.89. The summed E-state index contributed by atoms with van der Waals surface area (Å²) in [6.45, 7) is 0.609. The quantitative estimate of drug-likeness (QED) is 0.599. The predicted octanol–water partition coefficient (Wildman–Crippen LogP) is 5.55. The summed E-state index contributed by atoms with van der Waals surface area (Å²) in [6, 6.07) is 18.4. The molecule has 0 bridgehead atoms. The maximum absolute atomic E-state index is 12.9. The maximum atomic E-state index is 12.9. The van der Waals surface area contributed by atoms with Gasteiger partial charge in [0.05, 0.1) is 5.56 Å². The van der Waals surface area contributed by atoms with Crippen molar-refractivity contribution in [3.05, 3.63) is 95.1 Å². The van der Waals surface area contributed by atoms with Crippen LogP contribution in [0.3, 0.4) is 0 Å². The van der Waals surface area contributed by atoms with E-state index in [1.807, 2.05) is 24.3 Å². The Morgan fingerprint density at radius 3 is 2.26 bits per heavy atom. The number of fused-ring (bicyclic) bond motifs is 1. The highest BCUT2D eigenvalue weighted by atomic mass is 19.4. The molecule has 4 rings (SSSR count). The summed E-state index contributed by atoms with van der Waals surface area (Å²) in [5, 5.41) is 2.72. The second kappa shape index (κ2) is 8.26. The van der Waals surface area contributed by atoms with Crippen molar-refractivity contribution < 1.29 is 22.8 Å². The Morgan fingerprint density at radius 1 is 0.871 bits per heavy atom. The van der Waals surface area contributed by atoms with Gasteiger partial charge in [-0.05, 0) is 73.0 Å². The molecule has 0 aromatic heterocycles. The van der Waals surface area contributed by atoms with Crippen molar-refractivity contribution in [1.82, 2.24) is 0 Å². The van der Waals surface area contributed by atoms with Gasteiger partial charge < -0.3 is 10.2 Å². The average molecular weight is 424 g/mol. The molecule has 0 atom stereocenters. The summed E-state index contributed by atoms with van der Waals surface area (Å²) in [4.78, 5) is 27.1. The third-order valence-electron chi connectivity index (χ3n) is 5.20. The highest BCUT2D eigenvalue weighted by Crippen LogP contribution is 2.32. The van der Waals surface area contributed by atoms with Gasteiger partial charge in [-0.3, -0.25) is 9.59 Å². The zero-order valence-corrected chi connectivity index (χ0v) is 16.4. The molecule has 0 unspecified atom stereocenters. The number of halogens is 3. The molecule has 7 heteroatoms. The van der Waals surface area contributed by atoms with Gasteiger partial charge in [-0.2, -0.15) is 13.2 Å². The van der Waals surface area contributed by atoms with Gasteiger partial charge >= 0.3 is 6.18 Å². The van der Waals surface area contributed by atoms with E-state index >= 15 is 0 Å². The molecular formula is C24H19F3N2O2. The van der Waals surface area contributed by atoms with E-state index in [1.165, 1.54) is 0 Å². The van der Waals surface area contributed by atoms with E-state index in [-0.39, 0.29) is 11.5 Å². The van der Waals surface area contributed by atoms with Crippen LogP contribution in [-0.4, -0.2) is 18.4 Å². The van der Waals surface area contributed by atoms with Gasteiger partial charge in [0.15, 0.2) is 0 Å². The van der Waals surface area contributed by atoms with Crippen LogP contribution < -0.4 is 10.2 Å². The van der Waals surface area contributed by atoms with E-state index in [0.717, 1.165) is 48.4 Å². The Labute approximate surface area is 177 Å². The minimum absolute atomic E-state index is 0.0805. The lowest BCUT2D eigenvalue weighted by atomic mass is 10.00. The van der Waals surface area contributed by atoms with E-state index in [0.29, 0.717) is 17.8 Å². The highest BCUT2D eigenvalue weighted by molar-refractivity contribution is 6.07. The topological polar surface area (TPSA) is 49.4 Å². The van der Waals surface area contributed by atoms with Gasteiger partial charge in [-0.1, -0.05) is 18.2 Å². The van der Waals surface area contributed by atoms with Crippen LogP contribution in [0.1, 0.15) is 38.3 Å². The van der Waals surface area contributed by atoms with Crippen LogP contribution in [0.15, 0.2) is 72.8 Å². The van der Waals surface area contributed by atoms with Crippen molar-refractivity contribution in [2.75, 3.05) is 16.8 Å². The number of hydrogen-bond donors (Lipinski definition) is 1. The lowest BCUT2D eigenvalue weighted by Crippen LogP contribution is -2.35. The molecule has 0 saturated heterocycles. The molecule has 0 saturated carbocycles. The normalized spacial score (nSPS) is 13.5. The molecular weight excluding hydrogens is 405 g/mol. The summed E-state index contributed by atoms with van der Waals surface area (Å²) in [7, 11) is 0. The van der Waals surface area contributed by atoms with Crippen molar-refractivity contribution in [2.45, 2.75) is 19.0 Å². The maximum Gasteiger partial charge on any atom is 0.416 e. The zero-order valence-electron chi connectivity index (χ0n) is 16.4. The Balaban J connectivity index is 1.52. The summed E-state index contributed by atoms with van der Waals surface area (Å²) >= 11 is 0. The van der Waals surface area contributed by atoms with Gasteiger partial charge in [0.2, 0.25) is 0 Å². The Kier molecular flexibility index (Phi) is 5.50. The number of nitrogens with zero attached hydrogens (tertiary/aromatic N) is 1. The van der Waals surface area contributed by atoms with Crippen LogP contribution in [0.4, 0.5) is 24.5 Å². The molecule has 0 fully saturated rings. The minimum Gasteiger partial charge on any atom is -0.322 e. The van der Waals surface area contributed by atoms with E-state index in [9.17, 15) is 22.8 Å². The smallest absolute Gasteiger partial charge is 0.322 e. The Morgan fingerprint density at radius 2 is 1.58 bits per heavy atom. The molecule has 0 aliphatic carbocycles. The van der Waals surface area contributed by atoms with Crippen molar-refractivity contribution >= 4 is 23.2 Å². The highest BCUT2D eigenvalue weighted by Gasteiger charge is 2.30. The number of carbonyl (C=O) groups excluding carboxylic acids is 2. The number of alkyl halides is 3. The average Bonchev–Trinajstić information content (AvgIpc) is 2.78. The fourth-order valence-electron chi connectivity index (χ4n) is 3.64. The number of benzene rings is 3. The summed E-state index contributed by atoms with van der Waals surface area (Å²) in [5.41, 5.74) is 2.19. The van der Waals surface area contributed by atoms with Crippen molar-refractivity contribution in [1.29, 1.82) is 0 Å². The van der Waals surface area contributed by atoms with Gasteiger partial charge in [0.25, 0.3) is 11.8 Å². The molecule has 3 aromatic carbocycles. The molecule has 1 aliphatic heterocycles. The number of aryl methyl sites for hydroxylation is 1.